The number of allylic oxidation sites excluding steroid dienone is 7. The van der Waals surface area contributed by atoms with Crippen LogP contribution in [0.3, 0.4) is 0 Å². The Kier molecular flexibility index (Phi) is 14.3. The minimum absolute atomic E-state index is 0. The molecular weight excluding hydrogens is 325 g/mol. The third-order valence-electron chi connectivity index (χ3n) is 1.90. The fourth-order valence-corrected chi connectivity index (χ4v) is 1.09. The monoisotopic (exact) mass is 340 g/mol. The Morgan fingerprint density at radius 1 is 1.50 bits per heavy atom. The van der Waals surface area contributed by atoms with Crippen LogP contribution < -0.4 is 12.4 Å². The van der Waals surface area contributed by atoms with Crippen molar-refractivity contribution in [1.29, 1.82) is 0 Å². The second-order valence-electron chi connectivity index (χ2n) is 3.15. The van der Waals surface area contributed by atoms with Gasteiger partial charge < -0.3 is 12.4 Å². The summed E-state index contributed by atoms with van der Waals surface area (Å²) in [7, 11) is 0. The first-order valence-corrected chi connectivity index (χ1v) is 5.13. The van der Waals surface area contributed by atoms with E-state index in [1.54, 1.807) is 0 Å². The molecule has 3 radical (unpaired) electrons. The number of hydrogen-bond donors (Lipinski definition) is 0. The molecule has 0 aromatic carbocycles. The van der Waals surface area contributed by atoms with Crippen LogP contribution in [0.1, 0.15) is 26.2 Å². The molecule has 0 aromatic rings. The van der Waals surface area contributed by atoms with Gasteiger partial charge in [-0.2, -0.15) is 18.6 Å². The second-order valence-corrected chi connectivity index (χ2v) is 3.15. The van der Waals surface area contributed by atoms with Crippen LogP contribution >= 0.6 is 0 Å². The first-order valence-electron chi connectivity index (χ1n) is 5.13. The summed E-state index contributed by atoms with van der Waals surface area (Å²) in [5.74, 6) is 0. The average molecular weight is 341 g/mol. The molecule has 1 rings (SSSR count). The molecule has 0 aromatic heterocycles. The van der Waals surface area contributed by atoms with Crippen LogP contribution in [0.25, 0.3) is 0 Å². The van der Waals surface area contributed by atoms with Gasteiger partial charge in [-0.25, -0.2) is 0 Å². The molecule has 0 spiro atoms. The predicted molar refractivity (Wildman–Crippen MR) is 67.3 cm³/mol. The van der Waals surface area contributed by atoms with Crippen molar-refractivity contribution in [3.05, 3.63) is 60.3 Å². The van der Waals surface area contributed by atoms with Crippen LogP contribution in [0.2, 0.25) is 0 Å². The maximum Gasteiger partial charge on any atom is 0.154 e. The van der Waals surface area contributed by atoms with E-state index < -0.39 is 0 Å². The molecule has 0 amide bonds. The summed E-state index contributed by atoms with van der Waals surface area (Å²) in [6, 6.07) is 0. The molecule has 0 saturated heterocycles. The summed E-state index contributed by atoms with van der Waals surface area (Å²) >= 11 is 0. The largest absolute Gasteiger partial charge is 1.00 e. The predicted octanol–water partition coefficient (Wildman–Crippen LogP) is 0.571. The van der Waals surface area contributed by atoms with Crippen molar-refractivity contribution in [2.45, 2.75) is 26.2 Å². The standard InChI is InChI=1S/C14H16.ClH.Sb/c1-2-3-4-5-6-8-11-14-12-9-7-10-13-14;;/h6-12H,2-4H2,1H3;1H;/p-1/b11-8-;;. The number of hydrogen-bond acceptors (Lipinski definition) is 0. The minimum atomic E-state index is 0. The molecule has 0 N–H and O–H groups in total. The van der Waals surface area contributed by atoms with Crippen LogP contribution in [0.4, 0.5) is 0 Å². The SMILES string of the molecule is CCCC[C+]=C/C=C\C1=C=C[CH-]C=C1.[Cl-].[Sb]. The normalized spacial score (nSPS) is 12.7. The average Bonchev–Trinajstić information content (AvgIpc) is 2.25. The Morgan fingerprint density at radius 3 is 2.94 bits per heavy atom. The van der Waals surface area contributed by atoms with Gasteiger partial charge in [-0.15, -0.1) is 6.08 Å². The molecule has 0 bridgehead atoms. The van der Waals surface area contributed by atoms with Crippen molar-refractivity contribution < 1.29 is 12.4 Å². The van der Waals surface area contributed by atoms with E-state index in [9.17, 15) is 0 Å². The van der Waals surface area contributed by atoms with Crippen LogP contribution in [0.15, 0.2) is 47.8 Å². The third kappa shape index (κ3) is 8.90. The Morgan fingerprint density at radius 2 is 2.31 bits per heavy atom. The molecule has 1 aliphatic carbocycles. The molecule has 0 unspecified atom stereocenters. The van der Waals surface area contributed by atoms with E-state index >= 15 is 0 Å². The Balaban J connectivity index is 0. The van der Waals surface area contributed by atoms with E-state index in [1.807, 2.05) is 42.9 Å². The van der Waals surface area contributed by atoms with Crippen molar-refractivity contribution in [3.63, 3.8) is 0 Å². The van der Waals surface area contributed by atoms with E-state index in [2.05, 4.69) is 18.7 Å². The van der Waals surface area contributed by atoms with Crippen molar-refractivity contribution in [2.75, 3.05) is 0 Å². The molecule has 0 fully saturated rings. The quantitative estimate of drug-likeness (QED) is 0.226. The summed E-state index contributed by atoms with van der Waals surface area (Å²) in [6.45, 7) is 2.19. The van der Waals surface area contributed by atoms with Gasteiger partial charge in [-0.3, -0.25) is 5.73 Å². The van der Waals surface area contributed by atoms with Crippen molar-refractivity contribution in [1.82, 2.24) is 0 Å². The van der Waals surface area contributed by atoms with Gasteiger partial charge in [0.1, 0.15) is 0 Å². The van der Waals surface area contributed by atoms with Gasteiger partial charge in [0.25, 0.3) is 0 Å². The summed E-state index contributed by atoms with van der Waals surface area (Å²) in [4.78, 5) is 0. The van der Waals surface area contributed by atoms with E-state index in [-0.39, 0.29) is 36.8 Å². The summed E-state index contributed by atoms with van der Waals surface area (Å²) in [5.41, 5.74) is 4.25. The van der Waals surface area contributed by atoms with Crippen LogP contribution in [0, 0.1) is 12.5 Å². The first-order chi connectivity index (χ1) is 6.93. The Labute approximate surface area is 123 Å². The van der Waals surface area contributed by atoms with Gasteiger partial charge in [-0.1, -0.05) is 18.9 Å². The van der Waals surface area contributed by atoms with E-state index in [1.165, 1.54) is 12.8 Å². The van der Waals surface area contributed by atoms with Gasteiger partial charge in [0.05, 0.1) is 18.6 Å². The molecule has 0 aliphatic heterocycles. The third-order valence-corrected chi connectivity index (χ3v) is 1.90. The van der Waals surface area contributed by atoms with Crippen molar-refractivity contribution in [2.24, 2.45) is 0 Å². The van der Waals surface area contributed by atoms with Gasteiger partial charge in [0.15, 0.2) is 6.08 Å². The Bertz CT molecular complexity index is 305. The summed E-state index contributed by atoms with van der Waals surface area (Å²) in [6.07, 6.45) is 20.7. The molecule has 2 heteroatoms. The smallest absolute Gasteiger partial charge is 0.154 e. The van der Waals surface area contributed by atoms with E-state index in [4.69, 9.17) is 0 Å². The van der Waals surface area contributed by atoms with Crippen LogP contribution in [-0.4, -0.2) is 24.4 Å². The molecule has 0 heterocycles. The zero-order chi connectivity index (χ0) is 10.1. The van der Waals surface area contributed by atoms with Gasteiger partial charge in [0.2, 0.25) is 0 Å². The maximum atomic E-state index is 3.23. The minimum Gasteiger partial charge on any atom is -1.00 e. The van der Waals surface area contributed by atoms with E-state index in [0.29, 0.717) is 0 Å². The molecular formula is C14H16ClSb-. The Hall–Kier alpha value is -0.372. The number of unbranched alkanes of at least 4 members (excludes halogenated alkanes) is 2. The fourth-order valence-electron chi connectivity index (χ4n) is 1.09. The summed E-state index contributed by atoms with van der Waals surface area (Å²) < 4.78 is 0. The summed E-state index contributed by atoms with van der Waals surface area (Å²) in [5, 5.41) is 0. The van der Waals surface area contributed by atoms with Crippen molar-refractivity contribution in [3.8, 4) is 0 Å². The first kappa shape index (κ1) is 18.0. The molecule has 85 valence electrons. The molecule has 1 aliphatic rings. The fraction of sp³-hybridized carbons (Fsp3) is 0.286. The molecule has 0 nitrogen and oxygen atoms in total. The van der Waals surface area contributed by atoms with Crippen molar-refractivity contribution >= 4 is 24.4 Å². The zero-order valence-corrected chi connectivity index (χ0v) is 12.8. The van der Waals surface area contributed by atoms with E-state index in [0.717, 1.165) is 12.0 Å². The molecule has 0 atom stereocenters. The number of halogens is 1. The second kappa shape index (κ2) is 12.7. The van der Waals surface area contributed by atoms with Gasteiger partial charge >= 0.3 is 0 Å². The van der Waals surface area contributed by atoms with Gasteiger partial charge in [-0.05, 0) is 6.42 Å². The maximum absolute atomic E-state index is 3.23. The molecule has 0 saturated carbocycles. The van der Waals surface area contributed by atoms with Crippen LogP contribution in [-0.2, 0) is 0 Å². The molecule has 16 heavy (non-hydrogen) atoms. The zero-order valence-electron chi connectivity index (χ0n) is 9.49. The van der Waals surface area contributed by atoms with Gasteiger partial charge in [0, 0.05) is 30.5 Å². The number of rotatable bonds is 5. The van der Waals surface area contributed by atoms with Crippen LogP contribution in [0.5, 0.6) is 0 Å². The topological polar surface area (TPSA) is 0 Å².